The standard InChI is InChI=1S/C28H27F3N2O4/c1-32-14-13-26-23-17-6-9-20(34)24(23)37-25(26)19(11-12-27(26,36)21(32)15-17)33(2)22(35)10-5-16-3-7-18(8-4-16)28(29,30)31/h3-4,6-9,19,21,25,34,36H,11-15H2,1-2H3/t19-,21+,25-,26-,27+/m0/s1. The van der Waals surface area contributed by atoms with E-state index in [0.717, 1.165) is 29.8 Å². The van der Waals surface area contributed by atoms with E-state index in [-0.39, 0.29) is 11.8 Å². The molecule has 0 unspecified atom stereocenters. The number of ether oxygens (including phenoxy) is 1. The summed E-state index contributed by atoms with van der Waals surface area (Å²) >= 11 is 0. The number of hydrogen-bond donors (Lipinski definition) is 2. The number of halogens is 3. The quantitative estimate of drug-likeness (QED) is 0.575. The van der Waals surface area contributed by atoms with Crippen molar-refractivity contribution >= 4 is 5.91 Å². The van der Waals surface area contributed by atoms with Gasteiger partial charge in [-0.2, -0.15) is 13.2 Å². The Morgan fingerprint density at radius 2 is 1.92 bits per heavy atom. The third kappa shape index (κ3) is 3.25. The van der Waals surface area contributed by atoms with E-state index < -0.39 is 40.8 Å². The molecule has 1 saturated heterocycles. The van der Waals surface area contributed by atoms with Crippen molar-refractivity contribution < 1.29 is 32.9 Å². The van der Waals surface area contributed by atoms with Crippen LogP contribution in [-0.2, 0) is 22.8 Å². The van der Waals surface area contributed by atoms with Gasteiger partial charge in [-0.25, -0.2) is 0 Å². The van der Waals surface area contributed by atoms with E-state index in [2.05, 4.69) is 16.7 Å². The maximum atomic E-state index is 13.1. The number of likely N-dealkylation sites (N-methyl/N-ethyl adjacent to an activating group) is 2. The first-order valence-electron chi connectivity index (χ1n) is 12.4. The van der Waals surface area contributed by atoms with Gasteiger partial charge in [-0.1, -0.05) is 12.0 Å². The topological polar surface area (TPSA) is 73.2 Å². The number of phenolic OH excluding ortho intramolecular Hbond substituents is 1. The molecule has 6 nitrogen and oxygen atoms in total. The second kappa shape index (κ2) is 7.89. The van der Waals surface area contributed by atoms with Crippen LogP contribution < -0.4 is 4.74 Å². The van der Waals surface area contributed by atoms with Gasteiger partial charge in [-0.15, -0.1) is 0 Å². The van der Waals surface area contributed by atoms with Crippen LogP contribution in [0.4, 0.5) is 13.2 Å². The van der Waals surface area contributed by atoms with Crippen molar-refractivity contribution in [3.63, 3.8) is 0 Å². The third-order valence-corrected chi connectivity index (χ3v) is 9.04. The molecular weight excluding hydrogens is 485 g/mol. The lowest BCUT2D eigenvalue weighted by Gasteiger charge is -2.64. The molecule has 194 valence electrons. The van der Waals surface area contributed by atoms with E-state index in [4.69, 9.17) is 4.74 Å². The van der Waals surface area contributed by atoms with Crippen molar-refractivity contribution in [1.82, 2.24) is 9.80 Å². The monoisotopic (exact) mass is 512 g/mol. The number of carbonyl (C=O) groups excluding carboxylic acids is 1. The molecular formula is C28H27F3N2O4. The van der Waals surface area contributed by atoms with E-state index >= 15 is 0 Å². The van der Waals surface area contributed by atoms with Crippen LogP contribution in [0, 0.1) is 11.8 Å². The number of alkyl halides is 3. The number of aromatic hydroxyl groups is 1. The fourth-order valence-corrected chi connectivity index (χ4v) is 7.23. The zero-order chi connectivity index (χ0) is 26.3. The minimum atomic E-state index is -4.44. The zero-order valence-corrected chi connectivity index (χ0v) is 20.5. The molecule has 2 bridgehead atoms. The van der Waals surface area contributed by atoms with Crippen LogP contribution in [0.15, 0.2) is 36.4 Å². The second-order valence-corrected chi connectivity index (χ2v) is 10.7. The second-order valence-electron chi connectivity index (χ2n) is 10.7. The van der Waals surface area contributed by atoms with Crippen molar-refractivity contribution in [2.45, 2.75) is 61.1 Å². The number of rotatable bonds is 1. The van der Waals surface area contributed by atoms with Crippen LogP contribution in [0.5, 0.6) is 11.5 Å². The molecule has 0 radical (unpaired) electrons. The number of phenols is 1. The van der Waals surface area contributed by atoms with Crippen molar-refractivity contribution in [2.24, 2.45) is 0 Å². The molecule has 6 rings (SSSR count). The SMILES string of the molecule is CN1CC[C@]23c4c5ccc(O)c4O[C@H]2[C@@H](N(C)C(=O)C#Cc2ccc(C(F)(F)F)cc2)CC[C@@]3(O)[C@H]1C5. The predicted octanol–water partition coefficient (Wildman–Crippen LogP) is 3.07. The Labute approximate surface area is 212 Å². The van der Waals surface area contributed by atoms with Gasteiger partial charge in [0.2, 0.25) is 0 Å². The van der Waals surface area contributed by atoms with Crippen LogP contribution in [0.1, 0.15) is 41.5 Å². The average Bonchev–Trinajstić information content (AvgIpc) is 3.21. The van der Waals surface area contributed by atoms with Crippen LogP contribution >= 0.6 is 0 Å². The Kier molecular flexibility index (Phi) is 5.15. The summed E-state index contributed by atoms with van der Waals surface area (Å²) in [5.74, 6) is 5.15. The number of likely N-dealkylation sites (tertiary alicyclic amines) is 1. The van der Waals surface area contributed by atoms with E-state index in [1.165, 1.54) is 17.0 Å². The summed E-state index contributed by atoms with van der Waals surface area (Å²) in [5.41, 5.74) is -0.387. The van der Waals surface area contributed by atoms with Gasteiger partial charge in [0.05, 0.1) is 22.6 Å². The smallest absolute Gasteiger partial charge is 0.416 e. The summed E-state index contributed by atoms with van der Waals surface area (Å²) in [6, 6.07) is 7.38. The van der Waals surface area contributed by atoms with E-state index in [9.17, 15) is 28.2 Å². The maximum absolute atomic E-state index is 13.1. The molecule has 37 heavy (non-hydrogen) atoms. The summed E-state index contributed by atoms with van der Waals surface area (Å²) in [6.07, 6.45) is -2.77. The van der Waals surface area contributed by atoms with Crippen LogP contribution in [0.3, 0.4) is 0 Å². The van der Waals surface area contributed by atoms with Crippen LogP contribution in [-0.4, -0.2) is 70.3 Å². The highest BCUT2D eigenvalue weighted by molar-refractivity contribution is 5.94. The lowest BCUT2D eigenvalue weighted by molar-refractivity contribution is -0.195. The lowest BCUT2D eigenvalue weighted by atomic mass is 9.48. The van der Waals surface area contributed by atoms with E-state index in [1.807, 2.05) is 13.1 Å². The average molecular weight is 513 g/mol. The molecule has 0 aromatic heterocycles. The molecule has 9 heteroatoms. The first kappa shape index (κ1) is 24.1. The Bertz CT molecular complexity index is 1350. The Morgan fingerprint density at radius 1 is 1.19 bits per heavy atom. The van der Waals surface area contributed by atoms with Gasteiger partial charge in [0.15, 0.2) is 11.5 Å². The van der Waals surface area contributed by atoms with Gasteiger partial charge < -0.3 is 24.7 Å². The maximum Gasteiger partial charge on any atom is 0.416 e. The molecule has 1 spiro atoms. The lowest BCUT2D eigenvalue weighted by Crippen LogP contribution is -2.77. The molecule has 2 aliphatic heterocycles. The summed E-state index contributed by atoms with van der Waals surface area (Å²) in [5, 5.41) is 22.9. The fraction of sp³-hybridized carbons (Fsp3) is 0.464. The normalized spacial score (nSPS) is 31.6. The van der Waals surface area contributed by atoms with Crippen molar-refractivity contribution in [1.29, 1.82) is 0 Å². The van der Waals surface area contributed by atoms with E-state index in [0.29, 0.717) is 37.0 Å². The molecule has 5 atom stereocenters. The van der Waals surface area contributed by atoms with Crippen molar-refractivity contribution in [3.05, 3.63) is 58.7 Å². The highest BCUT2D eigenvalue weighted by atomic mass is 19.4. The van der Waals surface area contributed by atoms with Gasteiger partial charge in [0.25, 0.3) is 5.91 Å². The van der Waals surface area contributed by atoms with Crippen LogP contribution in [0.25, 0.3) is 0 Å². The number of aliphatic hydroxyl groups is 1. The van der Waals surface area contributed by atoms with Crippen molar-refractivity contribution in [3.8, 4) is 23.3 Å². The molecule has 2 N–H and O–H groups in total. The molecule has 2 heterocycles. The van der Waals surface area contributed by atoms with Gasteiger partial charge in [0.1, 0.15) is 6.10 Å². The van der Waals surface area contributed by atoms with Gasteiger partial charge in [-0.3, -0.25) is 4.79 Å². The molecule has 2 aromatic rings. The number of piperidine rings is 1. The molecule has 1 saturated carbocycles. The summed E-state index contributed by atoms with van der Waals surface area (Å²) in [7, 11) is 3.66. The third-order valence-electron chi connectivity index (χ3n) is 9.04. The predicted molar refractivity (Wildman–Crippen MR) is 128 cm³/mol. The summed E-state index contributed by atoms with van der Waals surface area (Å²) in [4.78, 5) is 16.8. The molecule has 1 amide bonds. The van der Waals surface area contributed by atoms with Gasteiger partial charge in [-0.05, 0) is 75.2 Å². The molecule has 2 fully saturated rings. The summed E-state index contributed by atoms with van der Waals surface area (Å²) in [6.45, 7) is 0.749. The number of nitrogens with zero attached hydrogens (tertiary/aromatic N) is 2. The van der Waals surface area contributed by atoms with Crippen LogP contribution in [0.2, 0.25) is 0 Å². The molecule has 2 aliphatic carbocycles. The highest BCUT2D eigenvalue weighted by Crippen LogP contribution is 2.65. The zero-order valence-electron chi connectivity index (χ0n) is 20.5. The fourth-order valence-electron chi connectivity index (χ4n) is 7.23. The summed E-state index contributed by atoms with van der Waals surface area (Å²) < 4.78 is 44.9. The minimum absolute atomic E-state index is 0.0251. The first-order chi connectivity index (χ1) is 17.5. The minimum Gasteiger partial charge on any atom is -0.504 e. The van der Waals surface area contributed by atoms with Gasteiger partial charge in [0, 0.05) is 30.1 Å². The first-order valence-corrected chi connectivity index (χ1v) is 12.4. The Balaban J connectivity index is 1.33. The highest BCUT2D eigenvalue weighted by Gasteiger charge is 2.73. The number of benzene rings is 2. The number of carbonyl (C=O) groups is 1. The van der Waals surface area contributed by atoms with Crippen molar-refractivity contribution in [2.75, 3.05) is 20.6 Å². The Morgan fingerprint density at radius 3 is 2.62 bits per heavy atom. The Hall–Kier alpha value is -3.22. The number of hydrogen-bond acceptors (Lipinski definition) is 5. The molecule has 2 aromatic carbocycles. The van der Waals surface area contributed by atoms with E-state index in [1.54, 1.807) is 13.1 Å². The number of amides is 1. The largest absolute Gasteiger partial charge is 0.504 e. The molecule has 4 aliphatic rings. The van der Waals surface area contributed by atoms with Gasteiger partial charge >= 0.3 is 6.18 Å².